The molecule has 1 aromatic rings. The average molecular weight is 248 g/mol. The van der Waals surface area contributed by atoms with Crippen LogP contribution in [-0.2, 0) is 0 Å². The van der Waals surface area contributed by atoms with Gasteiger partial charge >= 0.3 is 0 Å². The number of nitrogens with zero attached hydrogens (tertiary/aromatic N) is 1. The van der Waals surface area contributed by atoms with Gasteiger partial charge in [-0.2, -0.15) is 0 Å². The molecule has 0 fully saturated rings. The number of nitrogens with two attached hydrogens (primary N) is 1. The maximum Gasteiger partial charge on any atom is 0.255 e. The average Bonchev–Trinajstić information content (AvgIpc) is 2.16. The molecule has 0 bridgehead atoms. The molecule has 0 saturated carbocycles. The Morgan fingerprint density at radius 1 is 1.50 bits per heavy atom. The maximum atomic E-state index is 13.0. The first-order valence-electron chi connectivity index (χ1n) is 4.50. The van der Waals surface area contributed by atoms with E-state index in [4.69, 9.17) is 18.0 Å². The Morgan fingerprint density at radius 2 is 2.12 bits per heavy atom. The molecule has 0 spiro atoms. The molecular formula is C10H11F3N2S. The van der Waals surface area contributed by atoms with Crippen LogP contribution in [0.15, 0.2) is 18.2 Å². The zero-order valence-corrected chi connectivity index (χ0v) is 9.40. The van der Waals surface area contributed by atoms with Crippen LogP contribution < -0.4 is 10.6 Å². The fraction of sp³-hybridized carbons (Fsp3) is 0.300. The molecule has 0 aromatic heterocycles. The Morgan fingerprint density at radius 3 is 2.62 bits per heavy atom. The predicted molar refractivity (Wildman–Crippen MR) is 61.6 cm³/mol. The van der Waals surface area contributed by atoms with Crippen LogP contribution >= 0.6 is 12.2 Å². The van der Waals surface area contributed by atoms with Crippen LogP contribution in [0.4, 0.5) is 18.9 Å². The van der Waals surface area contributed by atoms with E-state index in [9.17, 15) is 13.2 Å². The standard InChI is InChI=1S/C10H11F3N2S/c1-15(5-9(12)13)8-3-2-6(11)4-7(8)10(14)16/h2-4,9H,5H2,1H3,(H2,14,16). The van der Waals surface area contributed by atoms with Crippen LogP contribution in [-0.4, -0.2) is 25.0 Å². The number of alkyl halides is 2. The van der Waals surface area contributed by atoms with Gasteiger partial charge in [-0.15, -0.1) is 0 Å². The molecule has 2 N–H and O–H groups in total. The Labute approximate surface area is 96.8 Å². The predicted octanol–water partition coefficient (Wildman–Crippen LogP) is 2.16. The van der Waals surface area contributed by atoms with Crippen molar-refractivity contribution >= 4 is 22.9 Å². The van der Waals surface area contributed by atoms with Crippen molar-refractivity contribution in [3.05, 3.63) is 29.6 Å². The van der Waals surface area contributed by atoms with Gasteiger partial charge in [-0.1, -0.05) is 12.2 Å². The van der Waals surface area contributed by atoms with E-state index in [1.807, 2.05) is 0 Å². The molecule has 0 aliphatic heterocycles. The highest BCUT2D eigenvalue weighted by atomic mass is 32.1. The summed E-state index contributed by atoms with van der Waals surface area (Å²) >= 11 is 4.74. The molecule has 1 aromatic carbocycles. The van der Waals surface area contributed by atoms with Crippen molar-refractivity contribution in [3.8, 4) is 0 Å². The normalized spacial score (nSPS) is 10.6. The second-order valence-electron chi connectivity index (χ2n) is 3.30. The number of hydrogen-bond acceptors (Lipinski definition) is 2. The van der Waals surface area contributed by atoms with Gasteiger partial charge in [-0.25, -0.2) is 13.2 Å². The smallest absolute Gasteiger partial charge is 0.255 e. The summed E-state index contributed by atoms with van der Waals surface area (Å²) in [5.74, 6) is -0.503. The van der Waals surface area contributed by atoms with Crippen LogP contribution in [0, 0.1) is 5.82 Å². The Balaban J connectivity index is 3.07. The molecule has 0 aliphatic rings. The highest BCUT2D eigenvalue weighted by molar-refractivity contribution is 7.80. The van der Waals surface area contributed by atoms with Gasteiger partial charge < -0.3 is 10.6 Å². The summed E-state index contributed by atoms with van der Waals surface area (Å²) < 4.78 is 37.4. The molecule has 16 heavy (non-hydrogen) atoms. The lowest BCUT2D eigenvalue weighted by molar-refractivity contribution is 0.156. The van der Waals surface area contributed by atoms with E-state index in [1.54, 1.807) is 0 Å². The van der Waals surface area contributed by atoms with Gasteiger partial charge in [0.05, 0.1) is 6.54 Å². The lowest BCUT2D eigenvalue weighted by Gasteiger charge is -2.21. The van der Waals surface area contributed by atoms with E-state index in [-0.39, 0.29) is 10.6 Å². The SMILES string of the molecule is CN(CC(F)F)c1ccc(F)cc1C(N)=S. The second kappa shape index (κ2) is 5.16. The highest BCUT2D eigenvalue weighted by Crippen LogP contribution is 2.21. The summed E-state index contributed by atoms with van der Waals surface area (Å²) in [6, 6.07) is 3.70. The van der Waals surface area contributed by atoms with E-state index < -0.39 is 18.8 Å². The van der Waals surface area contributed by atoms with Crippen molar-refractivity contribution in [3.63, 3.8) is 0 Å². The van der Waals surface area contributed by atoms with Gasteiger partial charge in [-0.05, 0) is 18.2 Å². The van der Waals surface area contributed by atoms with Gasteiger partial charge in [0.2, 0.25) is 0 Å². The fourth-order valence-electron chi connectivity index (χ4n) is 1.34. The molecular weight excluding hydrogens is 237 g/mol. The highest BCUT2D eigenvalue weighted by Gasteiger charge is 2.14. The molecule has 6 heteroatoms. The zero-order valence-electron chi connectivity index (χ0n) is 8.58. The van der Waals surface area contributed by atoms with Gasteiger partial charge in [0, 0.05) is 18.3 Å². The van der Waals surface area contributed by atoms with E-state index in [1.165, 1.54) is 24.1 Å². The topological polar surface area (TPSA) is 29.3 Å². The summed E-state index contributed by atoms with van der Waals surface area (Å²) in [6.07, 6.45) is -2.48. The minimum Gasteiger partial charge on any atom is -0.389 e. The van der Waals surface area contributed by atoms with E-state index in [2.05, 4.69) is 0 Å². The van der Waals surface area contributed by atoms with Crippen molar-refractivity contribution in [1.82, 2.24) is 0 Å². The lowest BCUT2D eigenvalue weighted by atomic mass is 10.1. The van der Waals surface area contributed by atoms with Crippen LogP contribution in [0.25, 0.3) is 0 Å². The van der Waals surface area contributed by atoms with Crippen LogP contribution in [0.1, 0.15) is 5.56 Å². The van der Waals surface area contributed by atoms with Gasteiger partial charge in [0.1, 0.15) is 10.8 Å². The number of hydrogen-bond donors (Lipinski definition) is 1. The van der Waals surface area contributed by atoms with Crippen molar-refractivity contribution in [1.29, 1.82) is 0 Å². The largest absolute Gasteiger partial charge is 0.389 e. The van der Waals surface area contributed by atoms with Crippen LogP contribution in [0.2, 0.25) is 0 Å². The molecule has 0 heterocycles. The van der Waals surface area contributed by atoms with Crippen molar-refractivity contribution < 1.29 is 13.2 Å². The van der Waals surface area contributed by atoms with E-state index in [0.29, 0.717) is 5.69 Å². The first-order chi connectivity index (χ1) is 7.41. The summed E-state index contributed by atoms with van der Waals surface area (Å²) in [5.41, 5.74) is 6.06. The van der Waals surface area contributed by atoms with Crippen LogP contribution in [0.3, 0.4) is 0 Å². The van der Waals surface area contributed by atoms with Gasteiger partial charge in [0.25, 0.3) is 6.43 Å². The van der Waals surface area contributed by atoms with E-state index >= 15 is 0 Å². The summed E-state index contributed by atoms with van der Waals surface area (Å²) in [7, 11) is 1.47. The lowest BCUT2D eigenvalue weighted by Crippen LogP contribution is -2.26. The van der Waals surface area contributed by atoms with Gasteiger partial charge in [0.15, 0.2) is 0 Å². The molecule has 0 unspecified atom stereocenters. The molecule has 0 radical (unpaired) electrons. The van der Waals surface area contributed by atoms with E-state index in [0.717, 1.165) is 6.07 Å². The first-order valence-corrected chi connectivity index (χ1v) is 4.91. The maximum absolute atomic E-state index is 13.0. The molecule has 2 nitrogen and oxygen atoms in total. The molecule has 1 rings (SSSR count). The van der Waals surface area contributed by atoms with Crippen LogP contribution in [0.5, 0.6) is 0 Å². The third kappa shape index (κ3) is 3.10. The molecule has 88 valence electrons. The minimum absolute atomic E-state index is 0.0179. The summed E-state index contributed by atoms with van der Waals surface area (Å²) in [6.45, 7) is -0.457. The first kappa shape index (κ1) is 12.8. The Bertz CT molecular complexity index is 396. The second-order valence-corrected chi connectivity index (χ2v) is 3.74. The summed E-state index contributed by atoms with van der Waals surface area (Å²) in [5, 5.41) is 0. The van der Waals surface area contributed by atoms with Crippen molar-refractivity contribution in [2.45, 2.75) is 6.43 Å². The minimum atomic E-state index is -2.48. The number of rotatable bonds is 4. The summed E-state index contributed by atoms with van der Waals surface area (Å²) in [4.78, 5) is 1.27. The van der Waals surface area contributed by atoms with Crippen molar-refractivity contribution in [2.75, 3.05) is 18.5 Å². The number of halogens is 3. The quantitative estimate of drug-likeness (QED) is 0.828. The zero-order chi connectivity index (χ0) is 12.3. The third-order valence-electron chi connectivity index (χ3n) is 2.05. The Kier molecular flexibility index (Phi) is 4.12. The Hall–Kier alpha value is -1.30. The van der Waals surface area contributed by atoms with Crippen molar-refractivity contribution in [2.24, 2.45) is 5.73 Å². The number of benzene rings is 1. The molecule has 0 amide bonds. The van der Waals surface area contributed by atoms with Gasteiger partial charge in [-0.3, -0.25) is 0 Å². The molecule has 0 saturated heterocycles. The number of anilines is 1. The molecule has 0 atom stereocenters. The number of thiocarbonyl (C=S) groups is 1. The monoisotopic (exact) mass is 248 g/mol. The fourth-order valence-corrected chi connectivity index (χ4v) is 1.51. The molecule has 0 aliphatic carbocycles. The third-order valence-corrected chi connectivity index (χ3v) is 2.27.